The molecule has 7 heteroatoms. The lowest BCUT2D eigenvalue weighted by Crippen LogP contribution is -2.08. The van der Waals surface area contributed by atoms with E-state index in [2.05, 4.69) is 5.32 Å². The third-order valence-corrected chi connectivity index (χ3v) is 2.93. The highest BCUT2D eigenvalue weighted by Gasteiger charge is 2.31. The van der Waals surface area contributed by atoms with Crippen molar-refractivity contribution >= 4 is 17.3 Å². The fourth-order valence-corrected chi connectivity index (χ4v) is 1.92. The number of benzene rings is 2. The molecule has 0 saturated heterocycles. The first-order valence-electron chi connectivity index (χ1n) is 5.81. The number of hydrogen-bond acceptors (Lipinski definition) is 1. The summed E-state index contributed by atoms with van der Waals surface area (Å²) in [5.74, 6) is -1.61. The van der Waals surface area contributed by atoms with E-state index in [1.807, 2.05) is 0 Å². The summed E-state index contributed by atoms with van der Waals surface area (Å²) in [6.07, 6.45) is -4.64. The first-order valence-corrected chi connectivity index (χ1v) is 6.19. The van der Waals surface area contributed by atoms with Crippen LogP contribution < -0.4 is 5.32 Å². The molecule has 0 aliphatic rings. The minimum atomic E-state index is -4.64. The second-order valence-corrected chi connectivity index (χ2v) is 4.76. The lowest BCUT2D eigenvalue weighted by Gasteiger charge is -2.11. The maximum atomic E-state index is 13.4. The first-order chi connectivity index (χ1) is 9.75. The number of anilines is 1. The second-order valence-electron chi connectivity index (χ2n) is 4.32. The molecule has 1 N–H and O–H groups in total. The van der Waals surface area contributed by atoms with E-state index in [0.717, 1.165) is 18.2 Å². The van der Waals surface area contributed by atoms with Gasteiger partial charge in [0.15, 0.2) is 0 Å². The fourth-order valence-electron chi connectivity index (χ4n) is 1.75. The van der Waals surface area contributed by atoms with Crippen LogP contribution in [0.2, 0.25) is 5.02 Å². The standard InChI is InChI=1S/C14H9ClF5N/c15-10-1-2-12(17)13(6-10)21-7-8-3-9(14(18,19)20)5-11(16)4-8/h1-6,21H,7H2. The molecule has 0 atom stereocenters. The van der Waals surface area contributed by atoms with Crippen LogP contribution in [0, 0.1) is 11.6 Å². The minimum absolute atomic E-state index is 0.0281. The van der Waals surface area contributed by atoms with Crippen molar-refractivity contribution in [2.45, 2.75) is 12.7 Å². The Bertz CT molecular complexity index is 654. The molecule has 112 valence electrons. The summed E-state index contributed by atoms with van der Waals surface area (Å²) in [6.45, 7) is -0.169. The van der Waals surface area contributed by atoms with Crippen molar-refractivity contribution in [3.8, 4) is 0 Å². The topological polar surface area (TPSA) is 12.0 Å². The summed E-state index contributed by atoms with van der Waals surface area (Å²) in [7, 11) is 0. The zero-order chi connectivity index (χ0) is 15.6. The van der Waals surface area contributed by atoms with Gasteiger partial charge in [-0.1, -0.05) is 11.6 Å². The zero-order valence-corrected chi connectivity index (χ0v) is 11.2. The predicted octanol–water partition coefficient (Wildman–Crippen LogP) is 5.25. The van der Waals surface area contributed by atoms with Crippen LogP contribution in [0.4, 0.5) is 27.6 Å². The van der Waals surface area contributed by atoms with Crippen LogP contribution in [0.1, 0.15) is 11.1 Å². The molecule has 21 heavy (non-hydrogen) atoms. The summed E-state index contributed by atoms with van der Waals surface area (Å²) in [5, 5.41) is 2.85. The predicted molar refractivity (Wildman–Crippen MR) is 70.1 cm³/mol. The van der Waals surface area contributed by atoms with Gasteiger partial charge in [0.1, 0.15) is 11.6 Å². The number of nitrogens with one attached hydrogen (secondary N) is 1. The largest absolute Gasteiger partial charge is 0.416 e. The summed E-state index contributed by atoms with van der Waals surface area (Å²) in [4.78, 5) is 0. The van der Waals surface area contributed by atoms with Crippen LogP contribution in [0.5, 0.6) is 0 Å². The van der Waals surface area contributed by atoms with Gasteiger partial charge in [-0.3, -0.25) is 0 Å². The number of hydrogen-bond donors (Lipinski definition) is 1. The van der Waals surface area contributed by atoms with Crippen molar-refractivity contribution in [1.82, 2.24) is 0 Å². The van der Waals surface area contributed by atoms with Gasteiger partial charge in [-0.05, 0) is 42.0 Å². The van der Waals surface area contributed by atoms with Gasteiger partial charge in [0.2, 0.25) is 0 Å². The zero-order valence-electron chi connectivity index (χ0n) is 10.4. The highest BCUT2D eigenvalue weighted by Crippen LogP contribution is 2.30. The van der Waals surface area contributed by atoms with Crippen LogP contribution >= 0.6 is 11.6 Å². The molecule has 0 spiro atoms. The van der Waals surface area contributed by atoms with Crippen LogP contribution in [0.25, 0.3) is 0 Å². The average Bonchev–Trinajstić information content (AvgIpc) is 2.38. The third-order valence-electron chi connectivity index (χ3n) is 2.70. The smallest absolute Gasteiger partial charge is 0.379 e. The Kier molecular flexibility index (Phi) is 4.37. The van der Waals surface area contributed by atoms with E-state index in [1.54, 1.807) is 0 Å². The molecular formula is C14H9ClF5N. The maximum Gasteiger partial charge on any atom is 0.416 e. The van der Waals surface area contributed by atoms with Crippen LogP contribution in [0.15, 0.2) is 36.4 Å². The molecule has 2 aromatic rings. The van der Waals surface area contributed by atoms with Crippen LogP contribution in [0.3, 0.4) is 0 Å². The molecule has 2 aromatic carbocycles. The van der Waals surface area contributed by atoms with Gasteiger partial charge in [-0.2, -0.15) is 13.2 Å². The molecule has 0 unspecified atom stereocenters. The average molecular weight is 322 g/mol. The van der Waals surface area contributed by atoms with Gasteiger partial charge in [-0.25, -0.2) is 8.78 Å². The molecule has 0 radical (unpaired) electrons. The lowest BCUT2D eigenvalue weighted by molar-refractivity contribution is -0.137. The van der Waals surface area contributed by atoms with E-state index < -0.39 is 23.4 Å². The maximum absolute atomic E-state index is 13.4. The molecule has 0 heterocycles. The highest BCUT2D eigenvalue weighted by atomic mass is 35.5. The van der Waals surface area contributed by atoms with Gasteiger partial charge in [0.25, 0.3) is 0 Å². The molecule has 0 fully saturated rings. The van der Waals surface area contributed by atoms with E-state index in [9.17, 15) is 22.0 Å². The van der Waals surface area contributed by atoms with Crippen LogP contribution in [-0.4, -0.2) is 0 Å². The van der Waals surface area contributed by atoms with E-state index in [0.29, 0.717) is 6.07 Å². The minimum Gasteiger partial charge on any atom is -0.379 e. The molecular weight excluding hydrogens is 313 g/mol. The first kappa shape index (κ1) is 15.6. The quantitative estimate of drug-likeness (QED) is 0.761. The fraction of sp³-hybridized carbons (Fsp3) is 0.143. The lowest BCUT2D eigenvalue weighted by atomic mass is 10.1. The molecule has 2 rings (SSSR count). The van der Waals surface area contributed by atoms with E-state index in [-0.39, 0.29) is 22.8 Å². The SMILES string of the molecule is Fc1cc(CNc2cc(Cl)ccc2F)cc(C(F)(F)F)c1. The molecule has 0 aromatic heterocycles. The van der Waals surface area contributed by atoms with E-state index >= 15 is 0 Å². The van der Waals surface area contributed by atoms with Crippen molar-refractivity contribution in [1.29, 1.82) is 0 Å². The molecule has 0 aliphatic carbocycles. The monoisotopic (exact) mass is 321 g/mol. The number of alkyl halides is 3. The normalized spacial score (nSPS) is 11.5. The van der Waals surface area contributed by atoms with E-state index in [1.165, 1.54) is 12.1 Å². The van der Waals surface area contributed by atoms with Gasteiger partial charge in [0, 0.05) is 11.6 Å². The van der Waals surface area contributed by atoms with Crippen molar-refractivity contribution < 1.29 is 22.0 Å². The molecule has 0 aliphatic heterocycles. The third kappa shape index (κ3) is 4.07. The van der Waals surface area contributed by atoms with Crippen molar-refractivity contribution in [3.05, 3.63) is 64.2 Å². The van der Waals surface area contributed by atoms with E-state index in [4.69, 9.17) is 11.6 Å². The Morgan fingerprint density at radius 3 is 2.38 bits per heavy atom. The van der Waals surface area contributed by atoms with Crippen molar-refractivity contribution in [2.75, 3.05) is 5.32 Å². The van der Waals surface area contributed by atoms with Crippen LogP contribution in [-0.2, 0) is 12.7 Å². The molecule has 0 amide bonds. The second kappa shape index (κ2) is 5.89. The molecule has 1 nitrogen and oxygen atoms in total. The highest BCUT2D eigenvalue weighted by molar-refractivity contribution is 6.30. The van der Waals surface area contributed by atoms with Gasteiger partial charge < -0.3 is 5.32 Å². The summed E-state index contributed by atoms with van der Waals surface area (Å²) >= 11 is 5.69. The number of rotatable bonds is 3. The summed E-state index contributed by atoms with van der Waals surface area (Å²) in [5.41, 5.74) is -1.02. The van der Waals surface area contributed by atoms with Gasteiger partial charge >= 0.3 is 6.18 Å². The van der Waals surface area contributed by atoms with Gasteiger partial charge in [-0.15, -0.1) is 0 Å². The van der Waals surface area contributed by atoms with Crippen molar-refractivity contribution in [2.24, 2.45) is 0 Å². The van der Waals surface area contributed by atoms with Crippen molar-refractivity contribution in [3.63, 3.8) is 0 Å². The summed E-state index contributed by atoms with van der Waals surface area (Å²) < 4.78 is 64.3. The Hall–Kier alpha value is -1.82. The van der Waals surface area contributed by atoms with Gasteiger partial charge in [0.05, 0.1) is 11.3 Å². The summed E-state index contributed by atoms with van der Waals surface area (Å²) in [6, 6.07) is 5.91. The Balaban J connectivity index is 2.20. The Morgan fingerprint density at radius 2 is 1.71 bits per heavy atom. The number of halogens is 6. The molecule has 0 saturated carbocycles. The molecule has 0 bridgehead atoms. The Labute approximate surface area is 122 Å². The Morgan fingerprint density at radius 1 is 1.00 bits per heavy atom.